The molecule has 3 aromatic rings. The Morgan fingerprint density at radius 2 is 2.05 bits per heavy atom. The highest BCUT2D eigenvalue weighted by molar-refractivity contribution is 7.71. The van der Waals surface area contributed by atoms with E-state index in [1.54, 1.807) is 18.6 Å². The second-order valence-electron chi connectivity index (χ2n) is 4.44. The van der Waals surface area contributed by atoms with Gasteiger partial charge in [0.25, 0.3) is 0 Å². The minimum Gasteiger partial charge on any atom is -0.338 e. The molecule has 20 heavy (non-hydrogen) atoms. The lowest BCUT2D eigenvalue weighted by molar-refractivity contribution is 0.647. The Labute approximate surface area is 121 Å². The highest BCUT2D eigenvalue weighted by atomic mass is 32.1. The number of aromatic amines is 1. The monoisotopic (exact) mass is 286 g/mol. The van der Waals surface area contributed by atoms with E-state index < -0.39 is 0 Å². The molecule has 0 unspecified atom stereocenters. The molecule has 0 aliphatic rings. The van der Waals surface area contributed by atoms with Gasteiger partial charge in [-0.2, -0.15) is 5.10 Å². The van der Waals surface area contributed by atoms with Crippen molar-refractivity contribution < 1.29 is 0 Å². The van der Waals surface area contributed by atoms with Crippen molar-refractivity contribution in [1.82, 2.24) is 29.3 Å². The number of H-pyrrole nitrogens is 1. The topological polar surface area (TPSA) is 64.3 Å². The predicted molar refractivity (Wildman–Crippen MR) is 77.6 cm³/mol. The average Bonchev–Trinajstić information content (AvgIpc) is 3.04. The summed E-state index contributed by atoms with van der Waals surface area (Å²) < 4.78 is 4.61. The summed E-state index contributed by atoms with van der Waals surface area (Å²) in [7, 11) is 1.99. The van der Waals surface area contributed by atoms with Crippen LogP contribution in [0.2, 0.25) is 0 Å². The molecule has 3 heterocycles. The van der Waals surface area contributed by atoms with Gasteiger partial charge in [0.2, 0.25) is 0 Å². The van der Waals surface area contributed by atoms with Crippen molar-refractivity contribution in [1.29, 1.82) is 0 Å². The molecule has 1 N–H and O–H groups in total. The van der Waals surface area contributed by atoms with E-state index >= 15 is 0 Å². The zero-order valence-electron chi connectivity index (χ0n) is 11.0. The maximum Gasteiger partial charge on any atom is 0.195 e. The van der Waals surface area contributed by atoms with Crippen LogP contribution in [0.5, 0.6) is 0 Å². The molecule has 0 bridgehead atoms. The summed E-state index contributed by atoms with van der Waals surface area (Å²) in [6.45, 7) is 0.734. The third kappa shape index (κ3) is 2.39. The van der Waals surface area contributed by atoms with E-state index in [1.165, 1.54) is 0 Å². The van der Waals surface area contributed by atoms with Crippen LogP contribution in [0.1, 0.15) is 5.82 Å². The van der Waals surface area contributed by atoms with E-state index in [4.69, 9.17) is 12.2 Å². The van der Waals surface area contributed by atoms with Crippen molar-refractivity contribution in [2.24, 2.45) is 7.05 Å². The van der Waals surface area contributed by atoms with Crippen LogP contribution in [-0.4, -0.2) is 29.3 Å². The normalized spacial score (nSPS) is 10.8. The molecule has 0 aromatic carbocycles. The first-order valence-corrected chi connectivity index (χ1v) is 6.68. The van der Waals surface area contributed by atoms with Gasteiger partial charge in [-0.05, 0) is 24.4 Å². The minimum absolute atomic E-state index is 0.617. The molecule has 7 heteroatoms. The summed E-state index contributed by atoms with van der Waals surface area (Å²) >= 11 is 5.30. The molecule has 3 rings (SSSR count). The molecule has 0 atom stereocenters. The van der Waals surface area contributed by atoms with Crippen LogP contribution in [-0.2, 0) is 20.0 Å². The molecule has 3 aromatic heterocycles. The molecule has 6 nitrogen and oxygen atoms in total. The van der Waals surface area contributed by atoms with Gasteiger partial charge in [0.05, 0.1) is 0 Å². The Morgan fingerprint density at radius 1 is 1.25 bits per heavy atom. The van der Waals surface area contributed by atoms with Crippen molar-refractivity contribution >= 4 is 12.2 Å². The van der Waals surface area contributed by atoms with Crippen LogP contribution < -0.4 is 0 Å². The third-order valence-corrected chi connectivity index (χ3v) is 3.49. The highest BCUT2D eigenvalue weighted by Gasteiger charge is 2.09. The van der Waals surface area contributed by atoms with Crippen LogP contribution in [0, 0.1) is 4.77 Å². The first-order valence-electron chi connectivity index (χ1n) is 6.27. The molecule has 0 radical (unpaired) electrons. The fourth-order valence-electron chi connectivity index (χ4n) is 2.10. The molecular weight excluding hydrogens is 272 g/mol. The van der Waals surface area contributed by atoms with Crippen LogP contribution in [0.3, 0.4) is 0 Å². The lowest BCUT2D eigenvalue weighted by Crippen LogP contribution is -2.07. The Balaban J connectivity index is 1.89. The van der Waals surface area contributed by atoms with Crippen LogP contribution in [0.25, 0.3) is 11.4 Å². The number of imidazole rings is 1. The Morgan fingerprint density at radius 3 is 2.75 bits per heavy atom. The molecule has 0 aliphatic carbocycles. The van der Waals surface area contributed by atoms with E-state index in [-0.39, 0.29) is 0 Å². The fourth-order valence-corrected chi connectivity index (χ4v) is 2.32. The zero-order chi connectivity index (χ0) is 13.9. The van der Waals surface area contributed by atoms with Gasteiger partial charge < -0.3 is 4.57 Å². The second kappa shape index (κ2) is 5.38. The van der Waals surface area contributed by atoms with E-state index in [1.807, 2.05) is 34.5 Å². The third-order valence-electron chi connectivity index (χ3n) is 3.18. The number of hydrogen-bond donors (Lipinski definition) is 1. The molecule has 0 fully saturated rings. The number of nitrogens with zero attached hydrogens (tertiary/aromatic N) is 5. The first kappa shape index (κ1) is 12.7. The molecule has 0 amide bonds. The van der Waals surface area contributed by atoms with E-state index in [0.29, 0.717) is 4.77 Å². The molecular formula is C13H14N6S. The smallest absolute Gasteiger partial charge is 0.195 e. The van der Waals surface area contributed by atoms with Crippen molar-refractivity contribution in [3.63, 3.8) is 0 Å². The van der Waals surface area contributed by atoms with Crippen molar-refractivity contribution in [2.45, 2.75) is 13.0 Å². The predicted octanol–water partition coefficient (Wildman–Crippen LogP) is 1.98. The Kier molecular flexibility index (Phi) is 3.42. The largest absolute Gasteiger partial charge is 0.338 e. The van der Waals surface area contributed by atoms with Crippen molar-refractivity contribution in [3.8, 4) is 11.4 Å². The molecule has 0 saturated carbocycles. The molecule has 0 saturated heterocycles. The van der Waals surface area contributed by atoms with Crippen LogP contribution >= 0.6 is 12.2 Å². The van der Waals surface area contributed by atoms with Gasteiger partial charge in [-0.15, -0.1) is 0 Å². The SMILES string of the molecule is Cn1ccnc1CCn1c(-c2ccncc2)n[nH]c1=S. The number of nitrogens with one attached hydrogen (secondary N) is 1. The summed E-state index contributed by atoms with van der Waals surface area (Å²) in [5.74, 6) is 1.85. The number of rotatable bonds is 4. The van der Waals surface area contributed by atoms with Gasteiger partial charge in [0, 0.05) is 50.4 Å². The van der Waals surface area contributed by atoms with Gasteiger partial charge in [-0.25, -0.2) is 4.98 Å². The van der Waals surface area contributed by atoms with E-state index in [2.05, 4.69) is 20.2 Å². The second-order valence-corrected chi connectivity index (χ2v) is 4.83. The lowest BCUT2D eigenvalue weighted by Gasteiger charge is -2.06. The summed E-state index contributed by atoms with van der Waals surface area (Å²) in [4.78, 5) is 8.34. The summed E-state index contributed by atoms with van der Waals surface area (Å²) in [6.07, 6.45) is 8.03. The van der Waals surface area contributed by atoms with Crippen LogP contribution in [0.15, 0.2) is 36.9 Å². The van der Waals surface area contributed by atoms with E-state index in [0.717, 1.165) is 30.2 Å². The fraction of sp³-hybridized carbons (Fsp3) is 0.231. The quantitative estimate of drug-likeness (QED) is 0.745. The highest BCUT2D eigenvalue weighted by Crippen LogP contribution is 2.16. The summed E-state index contributed by atoms with van der Waals surface area (Å²) in [5, 5.41) is 7.15. The summed E-state index contributed by atoms with van der Waals surface area (Å²) in [5.41, 5.74) is 0.993. The lowest BCUT2D eigenvalue weighted by atomic mass is 10.2. The maximum atomic E-state index is 5.30. The zero-order valence-corrected chi connectivity index (χ0v) is 11.8. The van der Waals surface area contributed by atoms with Crippen molar-refractivity contribution in [2.75, 3.05) is 0 Å². The van der Waals surface area contributed by atoms with Crippen molar-refractivity contribution in [3.05, 3.63) is 47.5 Å². The molecule has 102 valence electrons. The maximum absolute atomic E-state index is 5.30. The summed E-state index contributed by atoms with van der Waals surface area (Å²) in [6, 6.07) is 3.84. The standard InChI is InChI=1S/C13H14N6S/c1-18-9-7-15-11(18)4-8-19-12(16-17-13(19)20)10-2-5-14-6-3-10/h2-3,5-7,9H,4,8H2,1H3,(H,17,20). The average molecular weight is 286 g/mol. The van der Waals surface area contributed by atoms with Gasteiger partial charge >= 0.3 is 0 Å². The number of hydrogen-bond acceptors (Lipinski definition) is 4. The van der Waals surface area contributed by atoms with Crippen LogP contribution in [0.4, 0.5) is 0 Å². The number of aromatic nitrogens is 6. The van der Waals surface area contributed by atoms with Gasteiger partial charge in [-0.3, -0.25) is 14.6 Å². The molecule has 0 aliphatic heterocycles. The molecule has 0 spiro atoms. The minimum atomic E-state index is 0.617. The Hall–Kier alpha value is -2.28. The number of pyridine rings is 1. The Bertz CT molecular complexity index is 755. The van der Waals surface area contributed by atoms with E-state index in [9.17, 15) is 0 Å². The van der Waals surface area contributed by atoms with Gasteiger partial charge in [0.1, 0.15) is 5.82 Å². The van der Waals surface area contributed by atoms with Gasteiger partial charge in [0.15, 0.2) is 10.6 Å². The first-order chi connectivity index (χ1) is 9.75. The number of aryl methyl sites for hydroxylation is 2. The van der Waals surface area contributed by atoms with Gasteiger partial charge in [-0.1, -0.05) is 0 Å².